The minimum absolute atomic E-state index is 0.353. The van der Waals surface area contributed by atoms with Crippen LogP contribution in [0.15, 0.2) is 18.7 Å². The second kappa shape index (κ2) is 5.04. The Morgan fingerprint density at radius 2 is 1.85 bits per heavy atom. The molecule has 8 heteroatoms. The van der Waals surface area contributed by atoms with Gasteiger partial charge in [0.2, 0.25) is 17.8 Å². The topological polar surface area (TPSA) is 97.8 Å². The molecule has 106 valence electrons. The molecule has 1 fully saturated rings. The molecule has 0 aromatic carbocycles. The summed E-state index contributed by atoms with van der Waals surface area (Å²) in [5.41, 5.74) is 2.49. The van der Waals surface area contributed by atoms with Crippen molar-refractivity contribution in [3.8, 4) is 5.95 Å². The van der Waals surface area contributed by atoms with Crippen LogP contribution in [0.3, 0.4) is 0 Å². The van der Waals surface area contributed by atoms with Gasteiger partial charge in [-0.25, -0.2) is 10.8 Å². The molecular weight excluding hydrogens is 256 g/mol. The Bertz CT molecular complexity index is 571. The molecule has 2 atom stereocenters. The molecule has 0 saturated carbocycles. The van der Waals surface area contributed by atoms with Crippen LogP contribution in [-0.4, -0.2) is 37.6 Å². The summed E-state index contributed by atoms with van der Waals surface area (Å²) < 4.78 is 1.73. The Labute approximate surface area is 117 Å². The standard InChI is InChI=1S/C12H18N8/c1-8-5-20(6-9(8)2)12-16-10(18-13)15-11(17-12)19-4-3-14-7-19/h3-4,7-9H,5-6,13H2,1-2H3,(H,15,16,17,18). The first-order valence-electron chi connectivity index (χ1n) is 6.63. The molecular formula is C12H18N8. The number of nitrogen functional groups attached to an aromatic ring is 1. The zero-order chi connectivity index (χ0) is 14.1. The van der Waals surface area contributed by atoms with Crippen LogP contribution in [0, 0.1) is 11.8 Å². The molecule has 1 aliphatic rings. The third-order valence-corrected chi connectivity index (χ3v) is 3.75. The van der Waals surface area contributed by atoms with Gasteiger partial charge < -0.3 is 4.90 Å². The first-order chi connectivity index (χ1) is 9.67. The van der Waals surface area contributed by atoms with Gasteiger partial charge >= 0.3 is 0 Å². The number of rotatable bonds is 3. The van der Waals surface area contributed by atoms with Crippen LogP contribution in [0.5, 0.6) is 0 Å². The van der Waals surface area contributed by atoms with Crippen LogP contribution in [0.1, 0.15) is 13.8 Å². The second-order valence-corrected chi connectivity index (χ2v) is 5.23. The van der Waals surface area contributed by atoms with E-state index >= 15 is 0 Å². The molecule has 8 nitrogen and oxygen atoms in total. The summed E-state index contributed by atoms with van der Waals surface area (Å²) in [5, 5.41) is 0. The molecule has 0 aliphatic carbocycles. The average molecular weight is 274 g/mol. The first-order valence-corrected chi connectivity index (χ1v) is 6.63. The lowest BCUT2D eigenvalue weighted by atomic mass is 10.0. The number of nitrogens with zero attached hydrogens (tertiary/aromatic N) is 6. The maximum atomic E-state index is 5.45. The number of hydrogen-bond donors (Lipinski definition) is 2. The van der Waals surface area contributed by atoms with Gasteiger partial charge in [-0.2, -0.15) is 15.0 Å². The van der Waals surface area contributed by atoms with E-state index in [9.17, 15) is 0 Å². The number of aromatic nitrogens is 5. The number of hydrogen-bond acceptors (Lipinski definition) is 7. The van der Waals surface area contributed by atoms with Gasteiger partial charge in [-0.1, -0.05) is 13.8 Å². The van der Waals surface area contributed by atoms with Gasteiger partial charge in [-0.15, -0.1) is 0 Å². The molecule has 3 N–H and O–H groups in total. The number of imidazole rings is 1. The van der Waals surface area contributed by atoms with Gasteiger partial charge in [-0.3, -0.25) is 9.99 Å². The van der Waals surface area contributed by atoms with Crippen LogP contribution >= 0.6 is 0 Å². The number of nitrogens with two attached hydrogens (primary N) is 1. The molecule has 3 rings (SSSR count). The lowest BCUT2D eigenvalue weighted by molar-refractivity contribution is 0.494. The van der Waals surface area contributed by atoms with Crippen molar-refractivity contribution in [2.24, 2.45) is 17.7 Å². The fraction of sp³-hybridized carbons (Fsp3) is 0.500. The number of nitrogens with one attached hydrogen (secondary N) is 1. The van der Waals surface area contributed by atoms with E-state index in [1.807, 2.05) is 0 Å². The third kappa shape index (κ3) is 2.29. The monoisotopic (exact) mass is 274 g/mol. The molecule has 1 aliphatic heterocycles. The van der Waals surface area contributed by atoms with Gasteiger partial charge in [0.25, 0.3) is 0 Å². The Morgan fingerprint density at radius 3 is 2.45 bits per heavy atom. The smallest absolute Gasteiger partial charge is 0.243 e. The van der Waals surface area contributed by atoms with E-state index in [0.717, 1.165) is 13.1 Å². The first kappa shape index (κ1) is 12.8. The Hall–Kier alpha value is -2.22. The molecule has 2 unspecified atom stereocenters. The van der Waals surface area contributed by atoms with Crippen LogP contribution in [0.4, 0.5) is 11.9 Å². The molecule has 0 spiro atoms. The molecule has 0 amide bonds. The van der Waals surface area contributed by atoms with Crippen molar-refractivity contribution in [3.63, 3.8) is 0 Å². The van der Waals surface area contributed by atoms with E-state index in [0.29, 0.717) is 29.7 Å². The third-order valence-electron chi connectivity index (χ3n) is 3.75. The van der Waals surface area contributed by atoms with Crippen molar-refractivity contribution in [1.82, 2.24) is 24.5 Å². The molecule has 3 heterocycles. The summed E-state index contributed by atoms with van der Waals surface area (Å²) in [4.78, 5) is 19.3. The highest BCUT2D eigenvalue weighted by molar-refractivity contribution is 5.40. The fourth-order valence-corrected chi connectivity index (χ4v) is 2.35. The summed E-state index contributed by atoms with van der Waals surface area (Å²) in [6, 6.07) is 0. The second-order valence-electron chi connectivity index (χ2n) is 5.23. The Morgan fingerprint density at radius 1 is 1.15 bits per heavy atom. The summed E-state index contributed by atoms with van der Waals surface area (Å²) in [5.74, 6) is 8.20. The maximum absolute atomic E-state index is 5.45. The van der Waals surface area contributed by atoms with Crippen molar-refractivity contribution in [2.45, 2.75) is 13.8 Å². The largest absolute Gasteiger partial charge is 0.340 e. The number of hydrazine groups is 1. The van der Waals surface area contributed by atoms with E-state index in [1.165, 1.54) is 0 Å². The molecule has 0 radical (unpaired) electrons. The quantitative estimate of drug-likeness (QED) is 0.619. The van der Waals surface area contributed by atoms with Crippen molar-refractivity contribution in [3.05, 3.63) is 18.7 Å². The predicted octanol–water partition coefficient (Wildman–Crippen LogP) is 0.435. The SMILES string of the molecule is CC1CN(c2nc(NN)nc(-n3ccnc3)n2)CC1C. The summed E-state index contributed by atoms with van der Waals surface area (Å²) in [6.45, 7) is 6.37. The molecule has 2 aromatic rings. The van der Waals surface area contributed by atoms with Gasteiger partial charge in [0.1, 0.15) is 6.33 Å². The summed E-state index contributed by atoms with van der Waals surface area (Å²) in [7, 11) is 0. The van der Waals surface area contributed by atoms with Gasteiger partial charge in [0, 0.05) is 25.5 Å². The molecule has 20 heavy (non-hydrogen) atoms. The van der Waals surface area contributed by atoms with Crippen LogP contribution in [0.2, 0.25) is 0 Å². The lowest BCUT2D eigenvalue weighted by Gasteiger charge is -2.17. The highest BCUT2D eigenvalue weighted by atomic mass is 15.4. The van der Waals surface area contributed by atoms with Crippen molar-refractivity contribution >= 4 is 11.9 Å². The van der Waals surface area contributed by atoms with Crippen LogP contribution < -0.4 is 16.2 Å². The van der Waals surface area contributed by atoms with Crippen LogP contribution in [-0.2, 0) is 0 Å². The highest BCUT2D eigenvalue weighted by Crippen LogP contribution is 2.26. The van der Waals surface area contributed by atoms with Crippen LogP contribution in [0.25, 0.3) is 5.95 Å². The number of anilines is 2. The van der Waals surface area contributed by atoms with Crippen molar-refractivity contribution in [2.75, 3.05) is 23.4 Å². The summed E-state index contributed by atoms with van der Waals surface area (Å²) >= 11 is 0. The van der Waals surface area contributed by atoms with Crippen molar-refractivity contribution < 1.29 is 0 Å². The zero-order valence-electron chi connectivity index (χ0n) is 11.6. The van der Waals surface area contributed by atoms with E-state index in [4.69, 9.17) is 5.84 Å². The van der Waals surface area contributed by atoms with E-state index in [1.54, 1.807) is 23.3 Å². The lowest BCUT2D eigenvalue weighted by Crippen LogP contribution is -2.24. The average Bonchev–Trinajstić information content (AvgIpc) is 3.09. The zero-order valence-corrected chi connectivity index (χ0v) is 11.6. The van der Waals surface area contributed by atoms with E-state index < -0.39 is 0 Å². The molecule has 2 aromatic heterocycles. The normalized spacial score (nSPS) is 22.2. The van der Waals surface area contributed by atoms with E-state index in [-0.39, 0.29) is 0 Å². The Kier molecular flexibility index (Phi) is 3.23. The van der Waals surface area contributed by atoms with Gasteiger partial charge in [0.15, 0.2) is 0 Å². The van der Waals surface area contributed by atoms with E-state index in [2.05, 4.69) is 44.1 Å². The summed E-state index contributed by atoms with van der Waals surface area (Å²) in [6.07, 6.45) is 5.11. The van der Waals surface area contributed by atoms with Gasteiger partial charge in [-0.05, 0) is 11.8 Å². The molecule has 0 bridgehead atoms. The predicted molar refractivity (Wildman–Crippen MR) is 75.3 cm³/mol. The molecule has 1 saturated heterocycles. The van der Waals surface area contributed by atoms with Gasteiger partial charge in [0.05, 0.1) is 0 Å². The minimum atomic E-state index is 0.353. The maximum Gasteiger partial charge on any atom is 0.243 e. The fourth-order valence-electron chi connectivity index (χ4n) is 2.35. The van der Waals surface area contributed by atoms with Crippen molar-refractivity contribution in [1.29, 1.82) is 0 Å². The highest BCUT2D eigenvalue weighted by Gasteiger charge is 2.28. The minimum Gasteiger partial charge on any atom is -0.340 e. The Balaban J connectivity index is 1.97.